The lowest BCUT2D eigenvalue weighted by Gasteiger charge is -2.11. The minimum absolute atomic E-state index is 0.0866. The van der Waals surface area contributed by atoms with Gasteiger partial charge in [-0.1, -0.05) is 18.2 Å². The lowest BCUT2D eigenvalue weighted by Crippen LogP contribution is -2.23. The topological polar surface area (TPSA) is 93.5 Å². The predicted molar refractivity (Wildman–Crippen MR) is 119 cm³/mol. The number of sulfonamides is 1. The highest BCUT2D eigenvalue weighted by atomic mass is 32.2. The van der Waals surface area contributed by atoms with Crippen LogP contribution in [0, 0.1) is 0 Å². The molecule has 3 rings (SSSR count). The van der Waals surface area contributed by atoms with E-state index in [1.807, 2.05) is 35.8 Å². The molecule has 0 saturated heterocycles. The summed E-state index contributed by atoms with van der Waals surface area (Å²) in [5.74, 6) is 1.40. The fourth-order valence-electron chi connectivity index (χ4n) is 3.43. The van der Waals surface area contributed by atoms with E-state index in [0.29, 0.717) is 25.0 Å². The first-order chi connectivity index (χ1) is 14.8. The van der Waals surface area contributed by atoms with Crippen molar-refractivity contribution in [1.82, 2.24) is 19.2 Å². The molecule has 1 amide bonds. The molecule has 0 spiro atoms. The predicted octanol–water partition coefficient (Wildman–Crippen LogP) is 2.56. The molecule has 0 radical (unpaired) electrons. The van der Waals surface area contributed by atoms with E-state index in [9.17, 15) is 13.2 Å². The average molecular weight is 445 g/mol. The van der Waals surface area contributed by atoms with Gasteiger partial charge in [-0.3, -0.25) is 4.79 Å². The van der Waals surface area contributed by atoms with Crippen molar-refractivity contribution in [2.24, 2.45) is 0 Å². The number of nitrogens with zero attached hydrogens (tertiary/aromatic N) is 3. The summed E-state index contributed by atoms with van der Waals surface area (Å²) in [7, 11) is 1.07. The number of methoxy groups -OCH3 is 1. The zero-order valence-corrected chi connectivity index (χ0v) is 19.1. The maximum Gasteiger partial charge on any atom is 0.242 e. The number of carbonyl (C=O) groups excluding carboxylic acids is 1. The number of benzene rings is 2. The van der Waals surface area contributed by atoms with Gasteiger partial charge in [0.2, 0.25) is 15.9 Å². The van der Waals surface area contributed by atoms with Crippen LogP contribution in [0.5, 0.6) is 5.75 Å². The van der Waals surface area contributed by atoms with Gasteiger partial charge in [0.25, 0.3) is 0 Å². The second-order valence-corrected chi connectivity index (χ2v) is 9.45. The standard InChI is InChI=1S/C22H28N4O4S/c1-5-26-19-11-10-17(31(28,29)25(2)3)14-18(19)24-21(26)12-13-22(27)23-15-16-8-6-7-9-20(16)30-4/h6-11,14H,5,12-13,15H2,1-4H3,(H,23,27). The van der Waals surface area contributed by atoms with Crippen molar-refractivity contribution in [3.8, 4) is 5.75 Å². The Morgan fingerprint density at radius 1 is 1.19 bits per heavy atom. The Hall–Kier alpha value is -2.91. The number of carbonyl (C=O) groups is 1. The van der Waals surface area contributed by atoms with Crippen molar-refractivity contribution in [2.45, 2.75) is 37.8 Å². The molecular weight excluding hydrogens is 416 g/mol. The Labute approximate surface area is 182 Å². The van der Waals surface area contributed by atoms with Gasteiger partial charge < -0.3 is 14.6 Å². The molecule has 0 unspecified atom stereocenters. The second-order valence-electron chi connectivity index (χ2n) is 7.30. The van der Waals surface area contributed by atoms with Gasteiger partial charge in [0, 0.05) is 45.6 Å². The van der Waals surface area contributed by atoms with Crippen LogP contribution < -0.4 is 10.1 Å². The Morgan fingerprint density at radius 3 is 2.61 bits per heavy atom. The van der Waals surface area contributed by atoms with Crippen LogP contribution in [0.1, 0.15) is 24.7 Å². The molecular formula is C22H28N4O4S. The van der Waals surface area contributed by atoms with E-state index in [1.54, 1.807) is 25.3 Å². The van der Waals surface area contributed by atoms with Gasteiger partial charge >= 0.3 is 0 Å². The molecule has 8 nitrogen and oxygen atoms in total. The summed E-state index contributed by atoms with van der Waals surface area (Å²) in [4.78, 5) is 17.2. The summed E-state index contributed by atoms with van der Waals surface area (Å²) in [6.07, 6.45) is 0.733. The maximum atomic E-state index is 12.4. The van der Waals surface area contributed by atoms with Gasteiger partial charge in [-0.25, -0.2) is 17.7 Å². The van der Waals surface area contributed by atoms with Crippen LogP contribution >= 0.6 is 0 Å². The zero-order valence-electron chi connectivity index (χ0n) is 18.3. The molecule has 1 heterocycles. The summed E-state index contributed by atoms with van der Waals surface area (Å²) in [5, 5.41) is 2.92. The minimum atomic E-state index is -3.53. The van der Waals surface area contributed by atoms with Gasteiger partial charge in [-0.05, 0) is 31.2 Å². The highest BCUT2D eigenvalue weighted by molar-refractivity contribution is 7.89. The highest BCUT2D eigenvalue weighted by Crippen LogP contribution is 2.23. The van der Waals surface area contributed by atoms with E-state index in [0.717, 1.165) is 22.7 Å². The van der Waals surface area contributed by atoms with Crippen LogP contribution in [0.2, 0.25) is 0 Å². The number of hydrogen-bond donors (Lipinski definition) is 1. The van der Waals surface area contributed by atoms with Gasteiger partial charge in [-0.15, -0.1) is 0 Å². The highest BCUT2D eigenvalue weighted by Gasteiger charge is 2.19. The third-order valence-corrected chi connectivity index (χ3v) is 6.95. The van der Waals surface area contributed by atoms with Crippen molar-refractivity contribution in [3.63, 3.8) is 0 Å². The number of ether oxygens (including phenoxy) is 1. The minimum Gasteiger partial charge on any atom is -0.496 e. The average Bonchev–Trinajstić information content (AvgIpc) is 3.12. The number of imidazole rings is 1. The van der Waals surface area contributed by atoms with Crippen LogP contribution in [0.4, 0.5) is 0 Å². The van der Waals surface area contributed by atoms with E-state index >= 15 is 0 Å². The fraction of sp³-hybridized carbons (Fsp3) is 0.364. The Bertz CT molecular complexity index is 1190. The SMILES string of the molecule is CCn1c(CCC(=O)NCc2ccccc2OC)nc2cc(S(=O)(=O)N(C)C)ccc21. The molecule has 0 aliphatic heterocycles. The summed E-state index contributed by atoms with van der Waals surface area (Å²) in [5.41, 5.74) is 2.37. The maximum absolute atomic E-state index is 12.4. The molecule has 0 aliphatic carbocycles. The first-order valence-corrected chi connectivity index (χ1v) is 11.5. The first kappa shape index (κ1) is 22.8. The fourth-order valence-corrected chi connectivity index (χ4v) is 4.35. The Balaban J connectivity index is 1.73. The third kappa shape index (κ3) is 4.88. The van der Waals surface area contributed by atoms with E-state index in [1.165, 1.54) is 18.4 Å². The number of aromatic nitrogens is 2. The quantitative estimate of drug-likeness (QED) is 0.548. The largest absolute Gasteiger partial charge is 0.496 e. The van der Waals surface area contributed by atoms with E-state index in [4.69, 9.17) is 4.74 Å². The van der Waals surface area contributed by atoms with Gasteiger partial charge in [0.15, 0.2) is 0 Å². The molecule has 0 atom stereocenters. The monoisotopic (exact) mass is 444 g/mol. The number of hydrogen-bond acceptors (Lipinski definition) is 5. The lowest BCUT2D eigenvalue weighted by molar-refractivity contribution is -0.121. The lowest BCUT2D eigenvalue weighted by atomic mass is 10.2. The van der Waals surface area contributed by atoms with Crippen LogP contribution in [0.25, 0.3) is 11.0 Å². The number of amides is 1. The van der Waals surface area contributed by atoms with Gasteiger partial charge in [-0.2, -0.15) is 0 Å². The number of fused-ring (bicyclic) bond motifs is 1. The molecule has 166 valence electrons. The smallest absolute Gasteiger partial charge is 0.242 e. The molecule has 0 fully saturated rings. The van der Waals surface area contributed by atoms with Gasteiger partial charge in [0.1, 0.15) is 11.6 Å². The van der Waals surface area contributed by atoms with Crippen LogP contribution in [-0.2, 0) is 34.3 Å². The van der Waals surface area contributed by atoms with E-state index in [-0.39, 0.29) is 17.2 Å². The molecule has 31 heavy (non-hydrogen) atoms. The molecule has 3 aromatic rings. The molecule has 0 bridgehead atoms. The Morgan fingerprint density at radius 2 is 1.94 bits per heavy atom. The number of rotatable bonds is 9. The second kappa shape index (κ2) is 9.49. The van der Waals surface area contributed by atoms with Crippen molar-refractivity contribution >= 4 is 27.0 Å². The van der Waals surface area contributed by atoms with Gasteiger partial charge in [0.05, 0.1) is 23.0 Å². The van der Waals surface area contributed by atoms with Crippen LogP contribution in [0.15, 0.2) is 47.4 Å². The Kier molecular flexibility index (Phi) is 6.97. The van der Waals surface area contributed by atoms with Crippen molar-refractivity contribution in [3.05, 3.63) is 53.9 Å². The normalized spacial score (nSPS) is 11.8. The summed E-state index contributed by atoms with van der Waals surface area (Å²) >= 11 is 0. The summed E-state index contributed by atoms with van der Waals surface area (Å²) < 4.78 is 33.3. The number of para-hydroxylation sites is 1. The van der Waals surface area contributed by atoms with Crippen LogP contribution in [-0.4, -0.2) is 49.4 Å². The number of nitrogens with one attached hydrogen (secondary N) is 1. The summed E-state index contributed by atoms with van der Waals surface area (Å²) in [6, 6.07) is 12.5. The molecule has 1 aromatic heterocycles. The van der Waals surface area contributed by atoms with Crippen molar-refractivity contribution in [1.29, 1.82) is 0 Å². The van der Waals surface area contributed by atoms with E-state index in [2.05, 4.69) is 10.3 Å². The van der Waals surface area contributed by atoms with Crippen LogP contribution in [0.3, 0.4) is 0 Å². The molecule has 0 aliphatic rings. The molecule has 2 aromatic carbocycles. The van der Waals surface area contributed by atoms with Crippen molar-refractivity contribution in [2.75, 3.05) is 21.2 Å². The molecule has 0 saturated carbocycles. The molecule has 1 N–H and O–H groups in total. The zero-order chi connectivity index (χ0) is 22.6. The first-order valence-electron chi connectivity index (χ1n) is 10.1. The summed E-state index contributed by atoms with van der Waals surface area (Å²) in [6.45, 7) is 3.06. The molecule has 9 heteroatoms. The van der Waals surface area contributed by atoms with Crippen molar-refractivity contribution < 1.29 is 17.9 Å². The number of aryl methyl sites for hydroxylation is 2. The van der Waals surface area contributed by atoms with E-state index < -0.39 is 10.0 Å². The third-order valence-electron chi connectivity index (χ3n) is 5.14.